The van der Waals surface area contributed by atoms with Gasteiger partial charge in [0.2, 0.25) is 0 Å². The zero-order chi connectivity index (χ0) is 16.8. The van der Waals surface area contributed by atoms with Gasteiger partial charge in [-0.05, 0) is 37.0 Å². The van der Waals surface area contributed by atoms with Crippen LogP contribution in [0, 0.1) is 0 Å². The van der Waals surface area contributed by atoms with Gasteiger partial charge in [0, 0.05) is 18.8 Å². The minimum atomic E-state index is 0. The van der Waals surface area contributed by atoms with Crippen LogP contribution in [0.5, 0.6) is 0 Å². The van der Waals surface area contributed by atoms with Crippen molar-refractivity contribution in [2.24, 2.45) is 0 Å². The van der Waals surface area contributed by atoms with E-state index in [1.165, 1.54) is 5.56 Å². The zero-order valence-corrected chi connectivity index (χ0v) is 15.1. The highest BCUT2D eigenvalue weighted by atomic mass is 35.5. The molecule has 0 radical (unpaired) electrons. The van der Waals surface area contributed by atoms with E-state index in [1.54, 1.807) is 12.1 Å². The second-order valence-corrected chi connectivity index (χ2v) is 6.19. The van der Waals surface area contributed by atoms with Crippen LogP contribution in [0.3, 0.4) is 0 Å². The van der Waals surface area contributed by atoms with Gasteiger partial charge in [-0.2, -0.15) is 0 Å². The number of nitrogen functional groups attached to an aromatic ring is 1. The number of likely N-dealkylation sites (tertiary alicyclic amines) is 1. The second kappa shape index (κ2) is 9.44. The molecule has 0 atom stereocenters. The number of nitrogens with zero attached hydrogens (tertiary/aromatic N) is 1. The Morgan fingerprint density at radius 2 is 1.68 bits per heavy atom. The molecule has 25 heavy (non-hydrogen) atoms. The van der Waals surface area contributed by atoms with Crippen LogP contribution in [-0.4, -0.2) is 36.6 Å². The molecule has 1 aliphatic heterocycles. The minimum absolute atomic E-state index is 0. The van der Waals surface area contributed by atoms with Crippen molar-refractivity contribution in [2.75, 3.05) is 25.4 Å². The summed E-state index contributed by atoms with van der Waals surface area (Å²) in [5, 5.41) is 0. The van der Waals surface area contributed by atoms with Crippen LogP contribution in [0.25, 0.3) is 0 Å². The van der Waals surface area contributed by atoms with Crippen LogP contribution in [0.15, 0.2) is 54.6 Å². The Morgan fingerprint density at radius 1 is 1.04 bits per heavy atom. The molecule has 1 amide bonds. The average molecular weight is 361 g/mol. The molecule has 0 bridgehead atoms. The molecule has 2 N–H and O–H groups in total. The molecule has 0 spiro atoms. The lowest BCUT2D eigenvalue weighted by atomic mass is 10.1. The highest BCUT2D eigenvalue weighted by Crippen LogP contribution is 2.19. The third-order valence-electron chi connectivity index (χ3n) is 4.51. The van der Waals surface area contributed by atoms with Crippen LogP contribution >= 0.6 is 12.4 Å². The predicted octanol–water partition coefficient (Wildman–Crippen LogP) is 3.55. The normalized spacial score (nSPS) is 14.8. The number of para-hydroxylation sites is 1. The van der Waals surface area contributed by atoms with E-state index >= 15 is 0 Å². The SMILES string of the molecule is Cl.Nc1ccccc1C(=O)N1CCC(OCCc2ccccc2)CC1. The van der Waals surface area contributed by atoms with Crippen LogP contribution in [0.4, 0.5) is 5.69 Å². The van der Waals surface area contributed by atoms with Gasteiger partial charge in [0.05, 0.1) is 18.3 Å². The van der Waals surface area contributed by atoms with E-state index in [-0.39, 0.29) is 24.4 Å². The molecule has 1 heterocycles. The summed E-state index contributed by atoms with van der Waals surface area (Å²) in [6, 6.07) is 17.6. The van der Waals surface area contributed by atoms with Crippen LogP contribution in [0.1, 0.15) is 28.8 Å². The van der Waals surface area contributed by atoms with Gasteiger partial charge in [-0.1, -0.05) is 42.5 Å². The summed E-state index contributed by atoms with van der Waals surface area (Å²) in [6.07, 6.45) is 2.94. The van der Waals surface area contributed by atoms with Crippen molar-refractivity contribution >= 4 is 24.0 Å². The fourth-order valence-corrected chi connectivity index (χ4v) is 3.08. The maximum absolute atomic E-state index is 12.5. The molecule has 4 nitrogen and oxygen atoms in total. The Kier molecular flexibility index (Phi) is 7.29. The molecule has 5 heteroatoms. The van der Waals surface area contributed by atoms with Gasteiger partial charge in [0.25, 0.3) is 5.91 Å². The summed E-state index contributed by atoms with van der Waals surface area (Å²) in [5.41, 5.74) is 8.34. The van der Waals surface area contributed by atoms with Crippen LogP contribution in [-0.2, 0) is 11.2 Å². The number of rotatable bonds is 5. The maximum atomic E-state index is 12.5. The van der Waals surface area contributed by atoms with Crippen LogP contribution in [0.2, 0.25) is 0 Å². The van der Waals surface area contributed by atoms with E-state index in [0.29, 0.717) is 11.3 Å². The summed E-state index contributed by atoms with van der Waals surface area (Å²) in [7, 11) is 0. The molecule has 0 aliphatic carbocycles. The number of amides is 1. The Bertz CT molecular complexity index is 670. The van der Waals surface area contributed by atoms with Gasteiger partial charge >= 0.3 is 0 Å². The maximum Gasteiger partial charge on any atom is 0.255 e. The third kappa shape index (κ3) is 5.21. The first-order valence-corrected chi connectivity index (χ1v) is 8.53. The largest absolute Gasteiger partial charge is 0.398 e. The first-order valence-electron chi connectivity index (χ1n) is 8.53. The van der Waals surface area contributed by atoms with Gasteiger partial charge in [-0.3, -0.25) is 4.79 Å². The number of hydrogen-bond donors (Lipinski definition) is 1. The first-order chi connectivity index (χ1) is 11.7. The highest BCUT2D eigenvalue weighted by molar-refractivity contribution is 5.99. The number of anilines is 1. The predicted molar refractivity (Wildman–Crippen MR) is 103 cm³/mol. The van der Waals surface area contributed by atoms with E-state index in [1.807, 2.05) is 23.1 Å². The quantitative estimate of drug-likeness (QED) is 0.829. The van der Waals surface area contributed by atoms with Crippen molar-refractivity contribution in [3.05, 3.63) is 65.7 Å². The summed E-state index contributed by atoms with van der Waals surface area (Å²) in [5.74, 6) is 0.0239. The van der Waals surface area contributed by atoms with Gasteiger partial charge < -0.3 is 15.4 Å². The fraction of sp³-hybridized carbons (Fsp3) is 0.350. The first kappa shape index (κ1) is 19.3. The number of carbonyl (C=O) groups excluding carboxylic acids is 1. The van der Waals surface area contributed by atoms with E-state index in [0.717, 1.165) is 39.0 Å². The molecule has 2 aromatic carbocycles. The van der Waals surface area contributed by atoms with Gasteiger partial charge in [-0.25, -0.2) is 0 Å². The zero-order valence-electron chi connectivity index (χ0n) is 14.3. The van der Waals surface area contributed by atoms with Crippen molar-refractivity contribution in [1.82, 2.24) is 4.90 Å². The molecule has 0 aromatic heterocycles. The van der Waals surface area contributed by atoms with Crippen molar-refractivity contribution in [3.8, 4) is 0 Å². The van der Waals surface area contributed by atoms with Crippen molar-refractivity contribution in [1.29, 1.82) is 0 Å². The number of halogens is 1. The summed E-state index contributed by atoms with van der Waals surface area (Å²) in [4.78, 5) is 14.4. The minimum Gasteiger partial charge on any atom is -0.398 e. The number of piperidine rings is 1. The smallest absolute Gasteiger partial charge is 0.255 e. The molecule has 1 fully saturated rings. The standard InChI is InChI=1S/C20H24N2O2.ClH/c21-19-9-5-4-8-18(19)20(23)22-13-10-17(11-14-22)24-15-12-16-6-2-1-3-7-16;/h1-9,17H,10-15,21H2;1H. The van der Waals surface area contributed by atoms with Crippen molar-refractivity contribution in [3.63, 3.8) is 0 Å². The van der Waals surface area contributed by atoms with Gasteiger partial charge in [-0.15, -0.1) is 12.4 Å². The lowest BCUT2D eigenvalue weighted by Crippen LogP contribution is -2.41. The lowest BCUT2D eigenvalue weighted by Gasteiger charge is -2.32. The molecule has 1 saturated heterocycles. The molecule has 3 rings (SSSR count). The highest BCUT2D eigenvalue weighted by Gasteiger charge is 2.24. The van der Waals surface area contributed by atoms with E-state index < -0.39 is 0 Å². The summed E-state index contributed by atoms with van der Waals surface area (Å²) >= 11 is 0. The molecule has 0 unspecified atom stereocenters. The monoisotopic (exact) mass is 360 g/mol. The number of nitrogens with two attached hydrogens (primary N) is 1. The molecule has 0 saturated carbocycles. The summed E-state index contributed by atoms with van der Waals surface area (Å²) < 4.78 is 5.98. The van der Waals surface area contributed by atoms with Crippen molar-refractivity contribution < 1.29 is 9.53 Å². The Balaban J connectivity index is 0.00000225. The fourth-order valence-electron chi connectivity index (χ4n) is 3.08. The van der Waals surface area contributed by atoms with Gasteiger partial charge in [0.1, 0.15) is 0 Å². The topological polar surface area (TPSA) is 55.6 Å². The third-order valence-corrected chi connectivity index (χ3v) is 4.51. The molecular formula is C20H25ClN2O2. The Hall–Kier alpha value is -2.04. The molecular weight excluding hydrogens is 336 g/mol. The number of carbonyl (C=O) groups is 1. The Morgan fingerprint density at radius 3 is 2.36 bits per heavy atom. The second-order valence-electron chi connectivity index (χ2n) is 6.19. The van der Waals surface area contributed by atoms with Gasteiger partial charge in [0.15, 0.2) is 0 Å². The molecule has 134 valence electrons. The summed E-state index contributed by atoms with van der Waals surface area (Å²) in [6.45, 7) is 2.18. The number of ether oxygens (including phenoxy) is 1. The molecule has 2 aromatic rings. The Labute approximate surface area is 155 Å². The number of hydrogen-bond acceptors (Lipinski definition) is 3. The number of benzene rings is 2. The molecule has 1 aliphatic rings. The van der Waals surface area contributed by atoms with E-state index in [2.05, 4.69) is 24.3 Å². The van der Waals surface area contributed by atoms with E-state index in [9.17, 15) is 4.79 Å². The lowest BCUT2D eigenvalue weighted by molar-refractivity contribution is 0.0101. The van der Waals surface area contributed by atoms with E-state index in [4.69, 9.17) is 10.5 Å². The van der Waals surface area contributed by atoms with Crippen molar-refractivity contribution in [2.45, 2.75) is 25.4 Å². The van der Waals surface area contributed by atoms with Crippen LogP contribution < -0.4 is 5.73 Å². The average Bonchev–Trinajstić information content (AvgIpc) is 2.63.